The van der Waals surface area contributed by atoms with Gasteiger partial charge in [-0.25, -0.2) is 0 Å². The summed E-state index contributed by atoms with van der Waals surface area (Å²) in [6, 6.07) is 4.74. The molecule has 1 fully saturated rings. The summed E-state index contributed by atoms with van der Waals surface area (Å²) in [5.41, 5.74) is 7.46. The van der Waals surface area contributed by atoms with E-state index in [0.717, 1.165) is 11.1 Å². The van der Waals surface area contributed by atoms with Gasteiger partial charge in [0.25, 0.3) is 5.91 Å². The summed E-state index contributed by atoms with van der Waals surface area (Å²) in [5.74, 6) is 5.07. The van der Waals surface area contributed by atoms with Crippen molar-refractivity contribution in [2.24, 2.45) is 5.73 Å². The van der Waals surface area contributed by atoms with Gasteiger partial charge in [0.15, 0.2) is 0 Å². The molecule has 0 saturated carbocycles. The molecule has 3 amide bonds. The molecule has 3 N–H and O–H groups in total. The summed E-state index contributed by atoms with van der Waals surface area (Å²) in [5, 5.41) is 2.31. The zero-order valence-corrected chi connectivity index (χ0v) is 24.0. The van der Waals surface area contributed by atoms with Crippen molar-refractivity contribution in [1.29, 1.82) is 0 Å². The average Bonchev–Trinajstić information content (AvgIpc) is 3.27. The van der Waals surface area contributed by atoms with Crippen LogP contribution in [0.1, 0.15) is 34.3 Å². The number of rotatable bonds is 19. The Hall–Kier alpha value is -2.60. The molecule has 0 bridgehead atoms. The van der Waals surface area contributed by atoms with E-state index in [2.05, 4.69) is 17.2 Å². The summed E-state index contributed by atoms with van der Waals surface area (Å²) in [6.45, 7) is 6.47. The highest BCUT2D eigenvalue weighted by atomic mass is 35.5. The molecule has 1 aromatic carbocycles. The zero-order chi connectivity index (χ0) is 28.4. The fraction of sp³-hybridized carbons (Fsp3) is 0.607. The standard InChI is InChI=1S/C28H39N3O9.ClH/c29-7-9-36-11-13-38-15-17-40-19-18-39-16-14-37-12-10-35-8-1-2-22-3-4-24-23(20-22)21-31(28(24)34)25-5-6-26(32)30-27(25)33;/h3-4,20,25H,5-19,21,29H2,(H,30,32,33);1H. The van der Waals surface area contributed by atoms with E-state index >= 15 is 0 Å². The van der Waals surface area contributed by atoms with Crippen LogP contribution in [-0.2, 0) is 44.6 Å². The van der Waals surface area contributed by atoms with Crippen LogP contribution in [0.4, 0.5) is 0 Å². The zero-order valence-electron chi connectivity index (χ0n) is 23.2. The van der Waals surface area contributed by atoms with Crippen molar-refractivity contribution in [1.82, 2.24) is 10.2 Å². The van der Waals surface area contributed by atoms with E-state index in [-0.39, 0.29) is 37.2 Å². The molecule has 2 heterocycles. The van der Waals surface area contributed by atoms with E-state index in [1.54, 1.807) is 12.1 Å². The van der Waals surface area contributed by atoms with Crippen LogP contribution < -0.4 is 11.1 Å². The van der Waals surface area contributed by atoms with Gasteiger partial charge in [-0.15, -0.1) is 12.4 Å². The molecule has 13 heteroatoms. The van der Waals surface area contributed by atoms with Crippen LogP contribution >= 0.6 is 12.4 Å². The molecule has 1 atom stereocenters. The monoisotopic (exact) mass is 597 g/mol. The second-order valence-electron chi connectivity index (χ2n) is 8.98. The van der Waals surface area contributed by atoms with Crippen LogP contribution in [0, 0.1) is 11.8 Å². The number of nitrogens with one attached hydrogen (secondary N) is 1. The number of hydrogen-bond donors (Lipinski definition) is 2. The number of carbonyl (C=O) groups excluding carboxylic acids is 3. The van der Waals surface area contributed by atoms with Gasteiger partial charge < -0.3 is 39.1 Å². The molecular formula is C28H40ClN3O9. The normalized spacial score (nSPS) is 16.2. The maximum atomic E-state index is 12.8. The molecule has 1 aromatic rings. The molecule has 2 aliphatic rings. The lowest BCUT2D eigenvalue weighted by Crippen LogP contribution is -2.52. The predicted molar refractivity (Wildman–Crippen MR) is 151 cm³/mol. The van der Waals surface area contributed by atoms with Gasteiger partial charge in [-0.3, -0.25) is 19.7 Å². The molecule has 1 unspecified atom stereocenters. The highest BCUT2D eigenvalue weighted by Gasteiger charge is 2.38. The fourth-order valence-electron chi connectivity index (χ4n) is 4.10. The third-order valence-electron chi connectivity index (χ3n) is 6.05. The van der Waals surface area contributed by atoms with Crippen LogP contribution in [0.2, 0.25) is 0 Å². The molecule has 228 valence electrons. The number of imide groups is 1. The number of hydrogen-bond acceptors (Lipinski definition) is 10. The molecule has 1 saturated heterocycles. The smallest absolute Gasteiger partial charge is 0.255 e. The first-order valence-corrected chi connectivity index (χ1v) is 13.5. The van der Waals surface area contributed by atoms with Gasteiger partial charge in [0.1, 0.15) is 12.6 Å². The fourth-order valence-corrected chi connectivity index (χ4v) is 4.10. The van der Waals surface area contributed by atoms with Crippen molar-refractivity contribution in [3.05, 3.63) is 34.9 Å². The maximum absolute atomic E-state index is 12.8. The van der Waals surface area contributed by atoms with Crippen molar-refractivity contribution < 1.29 is 42.8 Å². The highest BCUT2D eigenvalue weighted by molar-refractivity contribution is 6.05. The van der Waals surface area contributed by atoms with Crippen molar-refractivity contribution >= 4 is 30.1 Å². The molecule has 0 radical (unpaired) electrons. The van der Waals surface area contributed by atoms with E-state index in [9.17, 15) is 14.4 Å². The van der Waals surface area contributed by atoms with Crippen molar-refractivity contribution in [3.63, 3.8) is 0 Å². The first-order chi connectivity index (χ1) is 19.6. The Bertz CT molecular complexity index is 1030. The van der Waals surface area contributed by atoms with Crippen LogP contribution in [-0.4, -0.2) is 114 Å². The topological polar surface area (TPSA) is 148 Å². The minimum Gasteiger partial charge on any atom is -0.378 e. The summed E-state index contributed by atoms with van der Waals surface area (Å²) in [6.07, 6.45) is 0.566. The van der Waals surface area contributed by atoms with Crippen LogP contribution in [0.15, 0.2) is 18.2 Å². The lowest BCUT2D eigenvalue weighted by atomic mass is 10.0. The van der Waals surface area contributed by atoms with Crippen molar-refractivity contribution in [2.45, 2.75) is 25.4 Å². The van der Waals surface area contributed by atoms with Gasteiger partial charge in [-0.05, 0) is 30.2 Å². The molecule has 0 aromatic heterocycles. The molecule has 3 rings (SSSR count). The van der Waals surface area contributed by atoms with Gasteiger partial charge >= 0.3 is 0 Å². The number of piperidine rings is 1. The number of nitrogens with zero attached hydrogens (tertiary/aromatic N) is 1. The second-order valence-corrected chi connectivity index (χ2v) is 8.98. The third kappa shape index (κ3) is 12.4. The highest BCUT2D eigenvalue weighted by Crippen LogP contribution is 2.28. The number of halogens is 1. The Morgan fingerprint density at radius 3 is 1.95 bits per heavy atom. The third-order valence-corrected chi connectivity index (χ3v) is 6.05. The first-order valence-electron chi connectivity index (χ1n) is 13.5. The molecule has 12 nitrogen and oxygen atoms in total. The summed E-state index contributed by atoms with van der Waals surface area (Å²) >= 11 is 0. The number of fused-ring (bicyclic) bond motifs is 1. The SMILES string of the molecule is Cl.NCCOCCOCCOCCOCCOCCOCC#Cc1ccc2c(c1)CN(C1CCC(=O)NC1=O)C2=O. The second kappa shape index (κ2) is 20.3. The summed E-state index contributed by atoms with van der Waals surface area (Å²) < 4.78 is 32.4. The summed E-state index contributed by atoms with van der Waals surface area (Å²) in [7, 11) is 0. The van der Waals surface area contributed by atoms with E-state index in [1.807, 2.05) is 6.07 Å². The van der Waals surface area contributed by atoms with Gasteiger partial charge in [-0.1, -0.05) is 11.8 Å². The predicted octanol–water partition coefficient (Wildman–Crippen LogP) is 0.279. The molecular weight excluding hydrogens is 558 g/mol. The lowest BCUT2D eigenvalue weighted by Gasteiger charge is -2.29. The Kier molecular flexibility index (Phi) is 17.1. The van der Waals surface area contributed by atoms with Gasteiger partial charge in [-0.2, -0.15) is 0 Å². The molecule has 41 heavy (non-hydrogen) atoms. The number of nitrogens with two attached hydrogens (primary N) is 1. The molecule has 0 aliphatic carbocycles. The average molecular weight is 598 g/mol. The minimum atomic E-state index is -0.628. The number of carbonyl (C=O) groups is 3. The number of ether oxygens (including phenoxy) is 6. The molecule has 0 spiro atoms. The Labute approximate surface area is 246 Å². The largest absolute Gasteiger partial charge is 0.378 e. The van der Waals surface area contributed by atoms with Crippen molar-refractivity contribution in [2.75, 3.05) is 85.8 Å². The minimum absolute atomic E-state index is 0. The van der Waals surface area contributed by atoms with E-state index in [1.165, 1.54) is 4.90 Å². The summed E-state index contributed by atoms with van der Waals surface area (Å²) in [4.78, 5) is 37.8. The molecule has 2 aliphatic heterocycles. The Morgan fingerprint density at radius 1 is 0.829 bits per heavy atom. The van der Waals surface area contributed by atoms with E-state index < -0.39 is 11.9 Å². The van der Waals surface area contributed by atoms with E-state index in [0.29, 0.717) is 97.7 Å². The van der Waals surface area contributed by atoms with Gasteiger partial charge in [0, 0.05) is 30.6 Å². The van der Waals surface area contributed by atoms with Crippen LogP contribution in [0.3, 0.4) is 0 Å². The Balaban J connectivity index is 0.00000588. The number of amides is 3. The Morgan fingerprint density at radius 2 is 1.39 bits per heavy atom. The first kappa shape index (κ1) is 34.6. The van der Waals surface area contributed by atoms with Crippen LogP contribution in [0.25, 0.3) is 0 Å². The quantitative estimate of drug-likeness (QED) is 0.129. The van der Waals surface area contributed by atoms with E-state index in [4.69, 9.17) is 34.2 Å². The maximum Gasteiger partial charge on any atom is 0.255 e. The van der Waals surface area contributed by atoms with Gasteiger partial charge in [0.2, 0.25) is 11.8 Å². The van der Waals surface area contributed by atoms with Gasteiger partial charge in [0.05, 0.1) is 72.7 Å². The lowest BCUT2D eigenvalue weighted by molar-refractivity contribution is -0.136. The number of benzene rings is 1. The van der Waals surface area contributed by atoms with Crippen molar-refractivity contribution in [3.8, 4) is 11.8 Å². The van der Waals surface area contributed by atoms with Crippen LogP contribution in [0.5, 0.6) is 0 Å².